The number of nitrogens with one attached hydrogen (secondary N) is 2. The highest BCUT2D eigenvalue weighted by Crippen LogP contribution is 2.12. The van der Waals surface area contributed by atoms with E-state index in [0.717, 1.165) is 13.1 Å². The van der Waals surface area contributed by atoms with Gasteiger partial charge < -0.3 is 15.2 Å². The van der Waals surface area contributed by atoms with Gasteiger partial charge in [-0.2, -0.15) is 0 Å². The monoisotopic (exact) mass is 229 g/mol. The Morgan fingerprint density at radius 1 is 1.18 bits per heavy atom. The van der Waals surface area contributed by atoms with Gasteiger partial charge in [0.25, 0.3) is 0 Å². The van der Waals surface area contributed by atoms with Gasteiger partial charge in [0, 0.05) is 24.1 Å². The minimum atomic E-state index is 0.832. The van der Waals surface area contributed by atoms with Gasteiger partial charge in [0.2, 0.25) is 0 Å². The normalized spacial score (nSPS) is 10.8. The second-order valence-electron chi connectivity index (χ2n) is 4.49. The molecule has 0 atom stereocenters. The molecule has 90 valence electrons. The topological polar surface area (TPSA) is 31.1 Å². The highest BCUT2D eigenvalue weighted by Gasteiger charge is 1.98. The van der Waals surface area contributed by atoms with Crippen molar-refractivity contribution in [2.24, 2.45) is 0 Å². The first kappa shape index (κ1) is 11.7. The molecule has 0 aliphatic carbocycles. The van der Waals surface area contributed by atoms with Crippen LogP contribution in [0.25, 0.3) is 0 Å². The molecule has 0 bridgehead atoms. The fraction of sp³-hybridized carbons (Fsp3) is 0.286. The van der Waals surface area contributed by atoms with E-state index in [2.05, 4.69) is 59.6 Å². The maximum Gasteiger partial charge on any atom is 0.0551 e. The van der Waals surface area contributed by atoms with E-state index in [1.165, 1.54) is 16.9 Å². The number of hydrogen-bond acceptors (Lipinski definition) is 2. The first-order valence-electron chi connectivity index (χ1n) is 5.84. The second-order valence-corrected chi connectivity index (χ2v) is 4.49. The smallest absolute Gasteiger partial charge is 0.0551 e. The van der Waals surface area contributed by atoms with Crippen LogP contribution in [0.4, 0.5) is 5.69 Å². The Kier molecular flexibility index (Phi) is 3.83. The van der Waals surface area contributed by atoms with Crippen LogP contribution in [0.1, 0.15) is 11.3 Å². The summed E-state index contributed by atoms with van der Waals surface area (Å²) in [6.07, 6.45) is 1.94. The Bertz CT molecular complexity index is 446. The van der Waals surface area contributed by atoms with E-state index in [9.17, 15) is 0 Å². The first-order valence-corrected chi connectivity index (χ1v) is 5.84. The fourth-order valence-electron chi connectivity index (χ4n) is 1.82. The zero-order chi connectivity index (χ0) is 12.1. The van der Waals surface area contributed by atoms with Gasteiger partial charge in [-0.25, -0.2) is 0 Å². The average molecular weight is 229 g/mol. The van der Waals surface area contributed by atoms with Gasteiger partial charge >= 0.3 is 0 Å². The third-order valence-corrected chi connectivity index (χ3v) is 2.57. The molecule has 0 aliphatic rings. The van der Waals surface area contributed by atoms with E-state index in [-0.39, 0.29) is 0 Å². The summed E-state index contributed by atoms with van der Waals surface area (Å²) in [5, 5.41) is 3.41. The van der Waals surface area contributed by atoms with Gasteiger partial charge in [0.15, 0.2) is 0 Å². The van der Waals surface area contributed by atoms with E-state index < -0.39 is 0 Å². The summed E-state index contributed by atoms with van der Waals surface area (Å²) >= 11 is 0. The van der Waals surface area contributed by atoms with Crippen LogP contribution < -0.4 is 5.32 Å². The third kappa shape index (κ3) is 3.64. The number of aromatic amines is 1. The summed E-state index contributed by atoms with van der Waals surface area (Å²) in [5.41, 5.74) is 3.69. The molecule has 0 amide bonds. The Morgan fingerprint density at radius 3 is 2.76 bits per heavy atom. The van der Waals surface area contributed by atoms with Crippen molar-refractivity contribution in [1.82, 2.24) is 9.88 Å². The van der Waals surface area contributed by atoms with Gasteiger partial charge in [-0.1, -0.05) is 12.1 Å². The number of aromatic nitrogens is 1. The lowest BCUT2D eigenvalue weighted by molar-refractivity contribution is 0.402. The molecule has 1 aromatic heterocycles. The molecule has 0 fully saturated rings. The van der Waals surface area contributed by atoms with Crippen LogP contribution >= 0.6 is 0 Å². The van der Waals surface area contributed by atoms with Crippen molar-refractivity contribution in [3.05, 3.63) is 53.9 Å². The van der Waals surface area contributed by atoms with E-state index in [1.807, 2.05) is 12.3 Å². The second kappa shape index (κ2) is 5.55. The molecule has 0 saturated heterocycles. The van der Waals surface area contributed by atoms with Crippen LogP contribution in [0.5, 0.6) is 0 Å². The summed E-state index contributed by atoms with van der Waals surface area (Å²) in [6, 6.07) is 12.6. The summed E-state index contributed by atoms with van der Waals surface area (Å²) in [5.74, 6) is 0. The molecule has 2 N–H and O–H groups in total. The minimum Gasteiger partial charge on any atom is -0.379 e. The molecular weight excluding hydrogens is 210 g/mol. The molecular formula is C14H19N3. The molecule has 1 aromatic carbocycles. The number of rotatable bonds is 5. The van der Waals surface area contributed by atoms with Crippen LogP contribution in [0, 0.1) is 0 Å². The van der Waals surface area contributed by atoms with Crippen LogP contribution in [0.3, 0.4) is 0 Å². The maximum absolute atomic E-state index is 3.41. The zero-order valence-corrected chi connectivity index (χ0v) is 10.4. The number of nitrogens with zero attached hydrogens (tertiary/aromatic N) is 1. The van der Waals surface area contributed by atoms with Crippen LogP contribution in [-0.2, 0) is 13.1 Å². The maximum atomic E-state index is 3.41. The Morgan fingerprint density at radius 2 is 2.06 bits per heavy atom. The first-order chi connectivity index (χ1) is 8.24. The van der Waals surface area contributed by atoms with E-state index in [0.29, 0.717) is 0 Å². The molecule has 2 aromatic rings. The van der Waals surface area contributed by atoms with Crippen molar-refractivity contribution in [1.29, 1.82) is 0 Å². The van der Waals surface area contributed by atoms with Gasteiger partial charge in [-0.05, 0) is 43.9 Å². The molecule has 3 nitrogen and oxygen atoms in total. The lowest BCUT2D eigenvalue weighted by Crippen LogP contribution is -2.10. The molecule has 3 heteroatoms. The number of hydrogen-bond donors (Lipinski definition) is 2. The Balaban J connectivity index is 1.96. The molecule has 1 heterocycles. The number of benzene rings is 1. The Hall–Kier alpha value is -1.74. The van der Waals surface area contributed by atoms with Crippen molar-refractivity contribution in [2.75, 3.05) is 19.4 Å². The molecule has 0 radical (unpaired) electrons. The van der Waals surface area contributed by atoms with Crippen molar-refractivity contribution in [2.45, 2.75) is 13.1 Å². The Labute approximate surface area is 102 Å². The lowest BCUT2D eigenvalue weighted by Gasteiger charge is -2.11. The van der Waals surface area contributed by atoms with Crippen molar-refractivity contribution >= 4 is 5.69 Å². The largest absolute Gasteiger partial charge is 0.379 e. The van der Waals surface area contributed by atoms with Crippen LogP contribution in [0.15, 0.2) is 42.6 Å². The standard InChI is InChI=1S/C14H19N3/c1-17(2)11-12-5-3-6-13(9-12)16-10-14-7-4-8-15-14/h3-9,15-16H,10-11H2,1-2H3. The fourth-order valence-corrected chi connectivity index (χ4v) is 1.82. The summed E-state index contributed by atoms with van der Waals surface area (Å²) in [6.45, 7) is 1.80. The van der Waals surface area contributed by atoms with Crippen molar-refractivity contribution in [3.63, 3.8) is 0 Å². The van der Waals surface area contributed by atoms with Gasteiger partial charge in [0.1, 0.15) is 0 Å². The summed E-state index contributed by atoms with van der Waals surface area (Å²) in [7, 11) is 4.16. The molecule has 0 saturated carbocycles. The zero-order valence-electron chi connectivity index (χ0n) is 10.4. The van der Waals surface area contributed by atoms with Gasteiger partial charge in [-0.15, -0.1) is 0 Å². The number of anilines is 1. The molecule has 0 spiro atoms. The van der Waals surface area contributed by atoms with E-state index >= 15 is 0 Å². The van der Waals surface area contributed by atoms with Crippen LogP contribution in [-0.4, -0.2) is 24.0 Å². The SMILES string of the molecule is CN(C)Cc1cccc(NCc2ccc[nH]2)c1. The molecule has 0 unspecified atom stereocenters. The van der Waals surface area contributed by atoms with Gasteiger partial charge in [0.05, 0.1) is 6.54 Å². The third-order valence-electron chi connectivity index (χ3n) is 2.57. The minimum absolute atomic E-state index is 0.832. The highest BCUT2D eigenvalue weighted by molar-refractivity contribution is 5.45. The van der Waals surface area contributed by atoms with E-state index in [1.54, 1.807) is 0 Å². The summed E-state index contributed by atoms with van der Waals surface area (Å²) < 4.78 is 0. The molecule has 0 aliphatic heterocycles. The van der Waals surface area contributed by atoms with Crippen molar-refractivity contribution < 1.29 is 0 Å². The van der Waals surface area contributed by atoms with E-state index in [4.69, 9.17) is 0 Å². The predicted molar refractivity (Wildman–Crippen MR) is 72.0 cm³/mol. The van der Waals surface area contributed by atoms with Crippen LogP contribution in [0.2, 0.25) is 0 Å². The van der Waals surface area contributed by atoms with Crippen molar-refractivity contribution in [3.8, 4) is 0 Å². The molecule has 17 heavy (non-hydrogen) atoms. The number of H-pyrrole nitrogens is 1. The molecule has 2 rings (SSSR count). The lowest BCUT2D eigenvalue weighted by atomic mass is 10.2. The quantitative estimate of drug-likeness (QED) is 0.826. The summed E-state index contributed by atoms with van der Waals surface area (Å²) in [4.78, 5) is 5.35. The van der Waals surface area contributed by atoms with Gasteiger partial charge in [-0.3, -0.25) is 0 Å². The predicted octanol–water partition coefficient (Wildman–Crippen LogP) is 2.69. The highest BCUT2D eigenvalue weighted by atomic mass is 15.0. The average Bonchev–Trinajstić information content (AvgIpc) is 2.79.